The van der Waals surface area contributed by atoms with Gasteiger partial charge in [-0.3, -0.25) is 4.99 Å². The number of aliphatic imine (C=N–C) groups is 1. The smallest absolute Gasteiger partial charge is 0.191 e. The van der Waals surface area contributed by atoms with Gasteiger partial charge < -0.3 is 15.4 Å². The van der Waals surface area contributed by atoms with Gasteiger partial charge in [0, 0.05) is 19.6 Å². The number of ether oxygens (including phenoxy) is 1. The van der Waals surface area contributed by atoms with Crippen LogP contribution in [0.4, 0.5) is 0 Å². The van der Waals surface area contributed by atoms with Crippen molar-refractivity contribution in [1.29, 1.82) is 0 Å². The van der Waals surface area contributed by atoms with Gasteiger partial charge in [-0.1, -0.05) is 12.1 Å². The molecule has 0 radical (unpaired) electrons. The molecule has 4 nitrogen and oxygen atoms in total. The quantitative estimate of drug-likeness (QED) is 0.830. The Bertz CT molecular complexity index is 415. The topological polar surface area (TPSA) is 45.6 Å². The molecule has 1 aliphatic heterocycles. The van der Waals surface area contributed by atoms with E-state index in [9.17, 15) is 0 Å². The van der Waals surface area contributed by atoms with E-state index in [4.69, 9.17) is 4.74 Å². The fourth-order valence-corrected chi connectivity index (χ4v) is 1.89. The highest BCUT2D eigenvalue weighted by Crippen LogP contribution is 2.18. The lowest BCUT2D eigenvalue weighted by Crippen LogP contribution is -2.40. The second-order valence-corrected chi connectivity index (χ2v) is 4.17. The van der Waals surface area contributed by atoms with Crippen LogP contribution in [0.5, 0.6) is 5.75 Å². The van der Waals surface area contributed by atoms with E-state index < -0.39 is 0 Å². The van der Waals surface area contributed by atoms with Gasteiger partial charge in [-0.2, -0.15) is 0 Å². The molecule has 0 spiro atoms. The number of benzene rings is 1. The molecule has 1 aliphatic rings. The van der Waals surface area contributed by atoms with E-state index in [1.54, 1.807) is 7.11 Å². The average Bonchev–Trinajstić information content (AvgIpc) is 2.38. The number of nitrogens with one attached hydrogen (secondary N) is 2. The third-order valence-electron chi connectivity index (χ3n) is 2.82. The van der Waals surface area contributed by atoms with Crippen molar-refractivity contribution < 1.29 is 4.74 Å². The van der Waals surface area contributed by atoms with Crippen molar-refractivity contribution in [2.24, 2.45) is 4.99 Å². The van der Waals surface area contributed by atoms with E-state index in [0.717, 1.165) is 43.3 Å². The Morgan fingerprint density at radius 2 is 2.35 bits per heavy atom. The summed E-state index contributed by atoms with van der Waals surface area (Å²) in [5.74, 6) is 1.84. The van der Waals surface area contributed by atoms with Crippen LogP contribution in [0.2, 0.25) is 0 Å². The van der Waals surface area contributed by atoms with Crippen LogP contribution in [0.1, 0.15) is 17.5 Å². The molecule has 0 aliphatic carbocycles. The first-order valence-electron chi connectivity index (χ1n) is 5.95. The Hall–Kier alpha value is -1.71. The standard InChI is InChI=1S/C13H19N3O/c1-10-8-11(4-5-12(10)17-2)9-16-13-14-6-3-7-15-13/h4-5,8H,3,6-7,9H2,1-2H3,(H2,14,15,16). The highest BCUT2D eigenvalue weighted by Gasteiger charge is 2.04. The fraction of sp³-hybridized carbons (Fsp3) is 0.462. The zero-order valence-corrected chi connectivity index (χ0v) is 10.4. The molecule has 2 N–H and O–H groups in total. The van der Waals surface area contributed by atoms with E-state index >= 15 is 0 Å². The summed E-state index contributed by atoms with van der Waals surface area (Å²) >= 11 is 0. The van der Waals surface area contributed by atoms with Gasteiger partial charge in [-0.15, -0.1) is 0 Å². The van der Waals surface area contributed by atoms with Gasteiger partial charge >= 0.3 is 0 Å². The summed E-state index contributed by atoms with van der Waals surface area (Å²) in [6, 6.07) is 6.21. The van der Waals surface area contributed by atoms with E-state index in [-0.39, 0.29) is 0 Å². The lowest BCUT2D eigenvalue weighted by molar-refractivity contribution is 0.411. The second kappa shape index (κ2) is 5.57. The third kappa shape index (κ3) is 3.12. The number of rotatable bonds is 3. The molecule has 0 saturated heterocycles. The first kappa shape index (κ1) is 11.8. The van der Waals surface area contributed by atoms with Crippen LogP contribution in [0.15, 0.2) is 23.2 Å². The van der Waals surface area contributed by atoms with E-state index in [0.29, 0.717) is 0 Å². The van der Waals surface area contributed by atoms with Gasteiger partial charge in [0.25, 0.3) is 0 Å². The maximum absolute atomic E-state index is 5.24. The predicted octanol–water partition coefficient (Wildman–Crippen LogP) is 1.44. The van der Waals surface area contributed by atoms with Crippen molar-refractivity contribution in [2.45, 2.75) is 19.9 Å². The second-order valence-electron chi connectivity index (χ2n) is 4.17. The Morgan fingerprint density at radius 1 is 1.47 bits per heavy atom. The molecular formula is C13H19N3O. The summed E-state index contributed by atoms with van der Waals surface area (Å²) < 4.78 is 5.24. The minimum absolute atomic E-state index is 0.788. The molecule has 0 amide bonds. The van der Waals surface area contributed by atoms with Crippen molar-refractivity contribution >= 4 is 5.96 Å². The normalized spacial score (nSPS) is 14.8. The summed E-state index contributed by atoms with van der Waals surface area (Å²) in [7, 11) is 1.70. The average molecular weight is 233 g/mol. The number of methoxy groups -OCH3 is 1. The van der Waals surface area contributed by atoms with Crippen LogP contribution < -0.4 is 15.4 Å². The number of aryl methyl sites for hydroxylation is 1. The van der Waals surface area contributed by atoms with Crippen molar-refractivity contribution in [3.8, 4) is 5.75 Å². The Kier molecular flexibility index (Phi) is 3.85. The highest BCUT2D eigenvalue weighted by molar-refractivity contribution is 5.80. The third-order valence-corrected chi connectivity index (χ3v) is 2.82. The number of guanidine groups is 1. The lowest BCUT2D eigenvalue weighted by atomic mass is 10.1. The summed E-state index contributed by atoms with van der Waals surface area (Å²) in [6.45, 7) is 4.76. The maximum atomic E-state index is 5.24. The lowest BCUT2D eigenvalue weighted by Gasteiger charge is -2.16. The molecule has 1 heterocycles. The molecule has 2 rings (SSSR count). The first-order valence-corrected chi connectivity index (χ1v) is 5.95. The highest BCUT2D eigenvalue weighted by atomic mass is 16.5. The maximum Gasteiger partial charge on any atom is 0.191 e. The van der Waals surface area contributed by atoms with Crippen LogP contribution in [-0.2, 0) is 6.54 Å². The molecule has 0 aromatic heterocycles. The molecule has 1 aromatic carbocycles. The van der Waals surface area contributed by atoms with Crippen LogP contribution >= 0.6 is 0 Å². The van der Waals surface area contributed by atoms with Gasteiger partial charge in [-0.25, -0.2) is 0 Å². The van der Waals surface area contributed by atoms with Crippen LogP contribution in [0.25, 0.3) is 0 Å². The molecule has 17 heavy (non-hydrogen) atoms. The van der Waals surface area contributed by atoms with Gasteiger partial charge in [0.1, 0.15) is 5.75 Å². The van der Waals surface area contributed by atoms with Crippen molar-refractivity contribution in [1.82, 2.24) is 10.6 Å². The van der Waals surface area contributed by atoms with E-state index in [1.165, 1.54) is 5.56 Å². The van der Waals surface area contributed by atoms with E-state index in [1.807, 2.05) is 6.07 Å². The predicted molar refractivity (Wildman–Crippen MR) is 69.5 cm³/mol. The molecule has 0 unspecified atom stereocenters. The molecule has 0 atom stereocenters. The summed E-state index contributed by atoms with van der Waals surface area (Å²) in [4.78, 5) is 4.37. The number of hydrogen-bond donors (Lipinski definition) is 2. The van der Waals surface area contributed by atoms with Crippen molar-refractivity contribution in [2.75, 3.05) is 20.2 Å². The Labute approximate surface area is 102 Å². The fourth-order valence-electron chi connectivity index (χ4n) is 1.89. The number of nitrogens with zero attached hydrogens (tertiary/aromatic N) is 1. The van der Waals surface area contributed by atoms with Crippen molar-refractivity contribution in [3.63, 3.8) is 0 Å². The molecular weight excluding hydrogens is 214 g/mol. The Balaban J connectivity index is 1.94. The van der Waals surface area contributed by atoms with Crippen molar-refractivity contribution in [3.05, 3.63) is 29.3 Å². The van der Waals surface area contributed by atoms with E-state index in [2.05, 4.69) is 34.7 Å². The van der Waals surface area contributed by atoms with Gasteiger partial charge in [0.05, 0.1) is 7.11 Å². The van der Waals surface area contributed by atoms with Crippen LogP contribution in [-0.4, -0.2) is 26.2 Å². The minimum atomic E-state index is 0.788. The SMILES string of the molecule is COc1ccc(CNC2=NCCCN2)cc1C. The summed E-state index contributed by atoms with van der Waals surface area (Å²) in [6.07, 6.45) is 1.12. The molecule has 0 saturated carbocycles. The summed E-state index contributed by atoms with van der Waals surface area (Å²) in [5.41, 5.74) is 2.39. The molecule has 0 fully saturated rings. The number of hydrogen-bond acceptors (Lipinski definition) is 4. The molecule has 1 aromatic rings. The van der Waals surface area contributed by atoms with Crippen LogP contribution in [0, 0.1) is 6.92 Å². The van der Waals surface area contributed by atoms with Crippen LogP contribution in [0.3, 0.4) is 0 Å². The zero-order chi connectivity index (χ0) is 12.1. The largest absolute Gasteiger partial charge is 0.496 e. The van der Waals surface area contributed by atoms with Gasteiger partial charge in [0.2, 0.25) is 0 Å². The van der Waals surface area contributed by atoms with Gasteiger partial charge in [0.15, 0.2) is 5.96 Å². The molecule has 4 heteroatoms. The van der Waals surface area contributed by atoms with Gasteiger partial charge in [-0.05, 0) is 30.5 Å². The Morgan fingerprint density at radius 3 is 3.00 bits per heavy atom. The first-order chi connectivity index (χ1) is 8.29. The molecule has 92 valence electrons. The minimum Gasteiger partial charge on any atom is -0.496 e. The monoisotopic (exact) mass is 233 g/mol. The molecule has 0 bridgehead atoms. The zero-order valence-electron chi connectivity index (χ0n) is 10.4. The summed E-state index contributed by atoms with van der Waals surface area (Å²) in [5, 5.41) is 6.54.